The molecule has 5 nitrogen and oxygen atoms in total. The third-order valence-electron chi connectivity index (χ3n) is 4.54. The van der Waals surface area contributed by atoms with Crippen molar-refractivity contribution in [1.82, 2.24) is 9.80 Å². The summed E-state index contributed by atoms with van der Waals surface area (Å²) >= 11 is 0. The van der Waals surface area contributed by atoms with Gasteiger partial charge in [0.05, 0.1) is 18.6 Å². The lowest BCUT2D eigenvalue weighted by Gasteiger charge is -2.42. The minimum Gasteiger partial charge on any atom is -0.379 e. The Morgan fingerprint density at radius 1 is 1.50 bits per heavy atom. The van der Waals surface area contributed by atoms with Crippen molar-refractivity contribution in [3.05, 3.63) is 0 Å². The van der Waals surface area contributed by atoms with E-state index in [1.807, 2.05) is 11.8 Å². The lowest BCUT2D eigenvalue weighted by molar-refractivity contribution is -0.144. The highest BCUT2D eigenvalue weighted by Crippen LogP contribution is 2.30. The molecule has 0 saturated carbocycles. The number of piperazine rings is 1. The fourth-order valence-corrected chi connectivity index (χ4v) is 2.84. The smallest absolute Gasteiger partial charge is 0.232 e. The van der Waals surface area contributed by atoms with Crippen molar-refractivity contribution in [3.63, 3.8) is 0 Å². The molecule has 18 heavy (non-hydrogen) atoms. The maximum atomic E-state index is 12.6. The van der Waals surface area contributed by atoms with Gasteiger partial charge in [-0.25, -0.2) is 0 Å². The lowest BCUT2D eigenvalue weighted by atomic mass is 9.84. The molecule has 0 aromatic heterocycles. The van der Waals surface area contributed by atoms with Gasteiger partial charge in [0, 0.05) is 31.7 Å². The molecule has 0 spiro atoms. The summed E-state index contributed by atoms with van der Waals surface area (Å²) in [4.78, 5) is 17.0. The summed E-state index contributed by atoms with van der Waals surface area (Å²) in [6, 6.07) is 0.287. The van der Waals surface area contributed by atoms with Gasteiger partial charge in [-0.05, 0) is 20.4 Å². The van der Waals surface area contributed by atoms with Gasteiger partial charge in [0.15, 0.2) is 0 Å². The molecule has 2 heterocycles. The van der Waals surface area contributed by atoms with Crippen LogP contribution in [0, 0.1) is 5.41 Å². The zero-order valence-electron chi connectivity index (χ0n) is 11.7. The zero-order valence-corrected chi connectivity index (χ0v) is 11.7. The van der Waals surface area contributed by atoms with Crippen molar-refractivity contribution in [2.24, 2.45) is 11.1 Å². The monoisotopic (exact) mass is 255 g/mol. The van der Waals surface area contributed by atoms with E-state index in [-0.39, 0.29) is 11.9 Å². The van der Waals surface area contributed by atoms with Crippen LogP contribution in [-0.2, 0) is 9.53 Å². The Labute approximate surface area is 109 Å². The van der Waals surface area contributed by atoms with Crippen molar-refractivity contribution in [2.75, 3.05) is 39.9 Å². The minimum absolute atomic E-state index is 0.166. The van der Waals surface area contributed by atoms with E-state index >= 15 is 0 Å². The van der Waals surface area contributed by atoms with Crippen LogP contribution in [-0.4, -0.2) is 67.7 Å². The normalized spacial score (nSPS) is 38.1. The Kier molecular flexibility index (Phi) is 3.94. The Morgan fingerprint density at radius 2 is 2.22 bits per heavy atom. The van der Waals surface area contributed by atoms with Gasteiger partial charge in [0.1, 0.15) is 0 Å². The third kappa shape index (κ3) is 2.27. The van der Waals surface area contributed by atoms with Crippen molar-refractivity contribution in [2.45, 2.75) is 32.4 Å². The molecule has 3 unspecified atom stereocenters. The predicted molar refractivity (Wildman–Crippen MR) is 70.2 cm³/mol. The van der Waals surface area contributed by atoms with Crippen LogP contribution in [0.2, 0.25) is 0 Å². The van der Waals surface area contributed by atoms with Crippen LogP contribution in [0.15, 0.2) is 0 Å². The summed E-state index contributed by atoms with van der Waals surface area (Å²) < 4.78 is 5.38. The predicted octanol–water partition coefficient (Wildman–Crippen LogP) is -0.0972. The standard InChI is InChI=1S/C13H25N3O2/c1-4-10-7-16(6-5-15(10)3)12(17)13(2)9-18-8-11(13)14/h10-11H,4-9,14H2,1-3H3. The molecule has 2 rings (SSSR count). The highest BCUT2D eigenvalue weighted by molar-refractivity contribution is 5.84. The second-order valence-corrected chi connectivity index (χ2v) is 5.83. The highest BCUT2D eigenvalue weighted by atomic mass is 16.5. The molecule has 0 aromatic carbocycles. The number of likely N-dealkylation sites (N-methyl/N-ethyl adjacent to an activating group) is 1. The molecule has 2 saturated heterocycles. The van der Waals surface area contributed by atoms with Gasteiger partial charge >= 0.3 is 0 Å². The lowest BCUT2D eigenvalue weighted by Crippen LogP contribution is -2.58. The first-order valence-corrected chi connectivity index (χ1v) is 6.82. The highest BCUT2D eigenvalue weighted by Gasteiger charge is 2.47. The number of carbonyl (C=O) groups excluding carboxylic acids is 1. The van der Waals surface area contributed by atoms with Crippen molar-refractivity contribution in [1.29, 1.82) is 0 Å². The van der Waals surface area contributed by atoms with Gasteiger partial charge in [0.2, 0.25) is 5.91 Å². The molecular weight excluding hydrogens is 230 g/mol. The van der Waals surface area contributed by atoms with E-state index in [0.29, 0.717) is 19.3 Å². The first kappa shape index (κ1) is 13.8. The van der Waals surface area contributed by atoms with Crippen molar-refractivity contribution >= 4 is 5.91 Å². The van der Waals surface area contributed by atoms with Crippen LogP contribution >= 0.6 is 0 Å². The quantitative estimate of drug-likeness (QED) is 0.749. The Bertz CT molecular complexity index is 323. The summed E-state index contributed by atoms with van der Waals surface area (Å²) in [7, 11) is 2.13. The van der Waals surface area contributed by atoms with Crippen LogP contribution in [0.1, 0.15) is 20.3 Å². The number of rotatable bonds is 2. The van der Waals surface area contributed by atoms with E-state index in [1.54, 1.807) is 0 Å². The summed E-state index contributed by atoms with van der Waals surface area (Å²) in [6.45, 7) is 7.61. The molecule has 0 bridgehead atoms. The van der Waals surface area contributed by atoms with E-state index in [4.69, 9.17) is 10.5 Å². The maximum Gasteiger partial charge on any atom is 0.232 e. The largest absolute Gasteiger partial charge is 0.379 e. The van der Waals surface area contributed by atoms with Gasteiger partial charge in [-0.3, -0.25) is 9.69 Å². The molecule has 0 aliphatic carbocycles. The van der Waals surface area contributed by atoms with Crippen LogP contribution < -0.4 is 5.73 Å². The van der Waals surface area contributed by atoms with Crippen LogP contribution in [0.3, 0.4) is 0 Å². The molecule has 2 aliphatic rings. The van der Waals surface area contributed by atoms with E-state index in [0.717, 1.165) is 26.1 Å². The third-order valence-corrected chi connectivity index (χ3v) is 4.54. The summed E-state index contributed by atoms with van der Waals surface area (Å²) in [6.07, 6.45) is 1.07. The SMILES string of the molecule is CCC1CN(C(=O)C2(C)COCC2N)CCN1C. The molecule has 0 aromatic rings. The van der Waals surface area contributed by atoms with E-state index in [9.17, 15) is 4.79 Å². The zero-order chi connectivity index (χ0) is 13.3. The van der Waals surface area contributed by atoms with Gasteiger partial charge < -0.3 is 15.4 Å². The van der Waals surface area contributed by atoms with Gasteiger partial charge in [0.25, 0.3) is 0 Å². The first-order chi connectivity index (χ1) is 8.49. The van der Waals surface area contributed by atoms with Crippen molar-refractivity contribution in [3.8, 4) is 0 Å². The Morgan fingerprint density at radius 3 is 2.78 bits per heavy atom. The minimum atomic E-state index is -0.534. The van der Waals surface area contributed by atoms with Crippen LogP contribution in [0.5, 0.6) is 0 Å². The average molecular weight is 255 g/mol. The summed E-state index contributed by atoms with van der Waals surface area (Å²) in [5, 5.41) is 0. The maximum absolute atomic E-state index is 12.6. The first-order valence-electron chi connectivity index (χ1n) is 6.82. The number of hydrogen-bond donors (Lipinski definition) is 1. The molecule has 5 heteroatoms. The number of carbonyl (C=O) groups is 1. The number of hydrogen-bond acceptors (Lipinski definition) is 4. The number of nitrogens with two attached hydrogens (primary N) is 1. The molecule has 0 radical (unpaired) electrons. The second-order valence-electron chi connectivity index (χ2n) is 5.83. The molecule has 2 N–H and O–H groups in total. The Hall–Kier alpha value is -0.650. The Balaban J connectivity index is 2.05. The number of nitrogens with zero attached hydrogens (tertiary/aromatic N) is 2. The topological polar surface area (TPSA) is 58.8 Å². The van der Waals surface area contributed by atoms with Gasteiger partial charge in [-0.1, -0.05) is 6.92 Å². The number of ether oxygens (including phenoxy) is 1. The van der Waals surface area contributed by atoms with Gasteiger partial charge in [-0.2, -0.15) is 0 Å². The summed E-state index contributed by atoms with van der Waals surface area (Å²) in [5.74, 6) is 0.166. The van der Waals surface area contributed by atoms with Crippen molar-refractivity contribution < 1.29 is 9.53 Å². The molecule has 104 valence electrons. The second kappa shape index (κ2) is 5.15. The van der Waals surface area contributed by atoms with Crippen LogP contribution in [0.25, 0.3) is 0 Å². The molecule has 3 atom stereocenters. The van der Waals surface area contributed by atoms with E-state index in [1.165, 1.54) is 0 Å². The fourth-order valence-electron chi connectivity index (χ4n) is 2.84. The molecule has 2 fully saturated rings. The summed E-state index contributed by atoms with van der Waals surface area (Å²) in [5.41, 5.74) is 5.50. The van der Waals surface area contributed by atoms with Crippen LogP contribution in [0.4, 0.5) is 0 Å². The molecular formula is C13H25N3O2. The van der Waals surface area contributed by atoms with E-state index < -0.39 is 5.41 Å². The average Bonchev–Trinajstić information content (AvgIpc) is 2.70. The molecule has 2 aliphatic heterocycles. The number of amides is 1. The van der Waals surface area contributed by atoms with E-state index in [2.05, 4.69) is 18.9 Å². The van der Waals surface area contributed by atoms with Gasteiger partial charge in [-0.15, -0.1) is 0 Å². The molecule has 1 amide bonds. The fraction of sp³-hybridized carbons (Fsp3) is 0.923.